The molecule has 0 amide bonds. The van der Waals surface area contributed by atoms with Crippen LogP contribution in [0.2, 0.25) is 5.28 Å². The Bertz CT molecular complexity index is 573. The topological polar surface area (TPSA) is 35.0 Å². The van der Waals surface area contributed by atoms with E-state index in [1.165, 1.54) is 0 Å². The van der Waals surface area contributed by atoms with E-state index in [9.17, 15) is 17.6 Å². The maximum Gasteiger partial charge on any atom is 0.573 e. The fraction of sp³-hybridized carbons (Fsp3) is 0.111. The molecule has 8 heteroatoms. The number of aromatic nitrogens is 2. The van der Waals surface area contributed by atoms with E-state index in [-0.39, 0.29) is 16.2 Å². The molecule has 90 valence electrons. The molecule has 0 N–H and O–H groups in total. The first kappa shape index (κ1) is 11.8. The SMILES string of the molecule is Fc1cc(OC(F)(F)F)cc2cnc(Cl)nc12. The van der Waals surface area contributed by atoms with Gasteiger partial charge in [-0.25, -0.2) is 14.4 Å². The molecule has 0 saturated carbocycles. The zero-order chi connectivity index (χ0) is 12.6. The van der Waals surface area contributed by atoms with Crippen molar-refractivity contribution in [3.05, 3.63) is 29.4 Å². The number of fused-ring (bicyclic) bond motifs is 1. The summed E-state index contributed by atoms with van der Waals surface area (Å²) < 4.78 is 52.8. The van der Waals surface area contributed by atoms with E-state index in [2.05, 4.69) is 14.7 Å². The van der Waals surface area contributed by atoms with E-state index >= 15 is 0 Å². The number of hydrogen-bond acceptors (Lipinski definition) is 3. The van der Waals surface area contributed by atoms with Gasteiger partial charge in [0, 0.05) is 17.6 Å². The Balaban J connectivity index is 2.52. The van der Waals surface area contributed by atoms with Gasteiger partial charge < -0.3 is 4.74 Å². The van der Waals surface area contributed by atoms with Crippen LogP contribution in [0.15, 0.2) is 18.3 Å². The van der Waals surface area contributed by atoms with Gasteiger partial charge in [-0.3, -0.25) is 0 Å². The van der Waals surface area contributed by atoms with Gasteiger partial charge in [0.25, 0.3) is 0 Å². The average molecular weight is 267 g/mol. The standard InChI is InChI=1S/C9H3ClF4N2O/c10-8-15-3-4-1-5(17-9(12,13)14)2-6(11)7(4)16-8/h1-3H. The highest BCUT2D eigenvalue weighted by Crippen LogP contribution is 2.27. The van der Waals surface area contributed by atoms with Gasteiger partial charge in [-0.15, -0.1) is 13.2 Å². The molecular weight excluding hydrogens is 264 g/mol. The van der Waals surface area contributed by atoms with E-state index in [0.717, 1.165) is 12.3 Å². The van der Waals surface area contributed by atoms with Gasteiger partial charge in [-0.05, 0) is 17.7 Å². The molecular formula is C9H3ClF4N2O. The third-order valence-electron chi connectivity index (χ3n) is 1.81. The summed E-state index contributed by atoms with van der Waals surface area (Å²) in [7, 11) is 0. The second kappa shape index (κ2) is 3.99. The predicted octanol–water partition coefficient (Wildman–Crippen LogP) is 3.32. The van der Waals surface area contributed by atoms with Gasteiger partial charge in [-0.1, -0.05) is 0 Å². The van der Waals surface area contributed by atoms with Crippen LogP contribution < -0.4 is 4.74 Å². The number of hydrogen-bond donors (Lipinski definition) is 0. The van der Waals surface area contributed by atoms with Crippen LogP contribution in [0.5, 0.6) is 5.75 Å². The van der Waals surface area contributed by atoms with Gasteiger partial charge >= 0.3 is 6.36 Å². The maximum atomic E-state index is 13.4. The summed E-state index contributed by atoms with van der Waals surface area (Å²) in [6, 6.07) is 1.56. The molecule has 0 atom stereocenters. The summed E-state index contributed by atoms with van der Waals surface area (Å²) in [6.45, 7) is 0. The quantitative estimate of drug-likeness (QED) is 0.587. The molecule has 0 spiro atoms. The molecule has 0 bridgehead atoms. The minimum absolute atomic E-state index is 0.0636. The van der Waals surface area contributed by atoms with Gasteiger partial charge in [0.05, 0.1) is 0 Å². The lowest BCUT2D eigenvalue weighted by Gasteiger charge is -2.09. The Morgan fingerprint density at radius 3 is 2.59 bits per heavy atom. The molecule has 0 fully saturated rings. The van der Waals surface area contributed by atoms with Crippen molar-refractivity contribution < 1.29 is 22.3 Å². The van der Waals surface area contributed by atoms with E-state index < -0.39 is 17.9 Å². The van der Waals surface area contributed by atoms with Crippen LogP contribution in [0.1, 0.15) is 0 Å². The second-order valence-electron chi connectivity index (χ2n) is 3.03. The van der Waals surface area contributed by atoms with Crippen LogP contribution in [0.25, 0.3) is 10.9 Å². The summed E-state index contributed by atoms with van der Waals surface area (Å²) in [6.07, 6.45) is -3.77. The molecule has 2 rings (SSSR count). The monoisotopic (exact) mass is 266 g/mol. The summed E-state index contributed by atoms with van der Waals surface area (Å²) >= 11 is 5.44. The first-order chi connectivity index (χ1) is 7.85. The third-order valence-corrected chi connectivity index (χ3v) is 2.00. The molecule has 0 aliphatic carbocycles. The van der Waals surface area contributed by atoms with Crippen LogP contribution in [-0.2, 0) is 0 Å². The summed E-state index contributed by atoms with van der Waals surface area (Å²) in [5, 5.41) is -0.130. The van der Waals surface area contributed by atoms with E-state index in [1.807, 2.05) is 0 Å². The zero-order valence-electron chi connectivity index (χ0n) is 7.92. The Morgan fingerprint density at radius 2 is 1.94 bits per heavy atom. The molecule has 2 aromatic rings. The van der Waals surface area contributed by atoms with Crippen LogP contribution in [0.3, 0.4) is 0 Å². The molecule has 0 unspecified atom stereocenters. The molecule has 0 aliphatic rings. The van der Waals surface area contributed by atoms with Crippen molar-refractivity contribution in [3.63, 3.8) is 0 Å². The lowest BCUT2D eigenvalue weighted by atomic mass is 10.2. The van der Waals surface area contributed by atoms with Crippen LogP contribution >= 0.6 is 11.6 Å². The van der Waals surface area contributed by atoms with Crippen molar-refractivity contribution in [2.75, 3.05) is 0 Å². The first-order valence-electron chi connectivity index (χ1n) is 4.23. The molecule has 17 heavy (non-hydrogen) atoms. The summed E-state index contributed by atoms with van der Waals surface area (Å²) in [4.78, 5) is 7.09. The maximum absolute atomic E-state index is 13.4. The van der Waals surface area contributed by atoms with Crippen molar-refractivity contribution in [1.82, 2.24) is 9.97 Å². The minimum Gasteiger partial charge on any atom is -0.406 e. The predicted molar refractivity (Wildman–Crippen MR) is 51.2 cm³/mol. The van der Waals surface area contributed by atoms with Crippen molar-refractivity contribution in [2.24, 2.45) is 0 Å². The van der Waals surface area contributed by atoms with Crippen molar-refractivity contribution in [2.45, 2.75) is 6.36 Å². The minimum atomic E-state index is -4.88. The summed E-state index contributed by atoms with van der Waals surface area (Å²) in [5.41, 5.74) is -0.167. The fourth-order valence-corrected chi connectivity index (χ4v) is 1.38. The normalized spacial score (nSPS) is 11.8. The van der Waals surface area contributed by atoms with E-state index in [1.54, 1.807) is 0 Å². The molecule has 0 radical (unpaired) electrons. The number of nitrogens with zero attached hydrogens (tertiary/aromatic N) is 2. The van der Waals surface area contributed by atoms with Crippen LogP contribution in [0.4, 0.5) is 17.6 Å². The van der Waals surface area contributed by atoms with Gasteiger partial charge in [0.2, 0.25) is 5.28 Å². The number of benzene rings is 1. The van der Waals surface area contributed by atoms with Crippen molar-refractivity contribution in [3.8, 4) is 5.75 Å². The third kappa shape index (κ3) is 2.73. The second-order valence-corrected chi connectivity index (χ2v) is 3.37. The Morgan fingerprint density at radius 1 is 1.24 bits per heavy atom. The lowest BCUT2D eigenvalue weighted by molar-refractivity contribution is -0.274. The number of halogens is 5. The number of alkyl halides is 3. The fourth-order valence-electron chi connectivity index (χ4n) is 1.25. The Labute approximate surface area is 97.0 Å². The molecule has 1 aromatic carbocycles. The Kier molecular flexibility index (Phi) is 2.78. The highest BCUT2D eigenvalue weighted by atomic mass is 35.5. The molecule has 1 heterocycles. The summed E-state index contributed by atoms with van der Waals surface area (Å²) in [5.74, 6) is -1.64. The van der Waals surface area contributed by atoms with Gasteiger partial charge in [0.1, 0.15) is 11.3 Å². The molecule has 3 nitrogen and oxygen atoms in total. The molecule has 0 aliphatic heterocycles. The first-order valence-corrected chi connectivity index (χ1v) is 4.60. The smallest absolute Gasteiger partial charge is 0.406 e. The number of ether oxygens (including phenoxy) is 1. The van der Waals surface area contributed by atoms with Crippen LogP contribution in [-0.4, -0.2) is 16.3 Å². The van der Waals surface area contributed by atoms with E-state index in [0.29, 0.717) is 6.07 Å². The van der Waals surface area contributed by atoms with Crippen molar-refractivity contribution in [1.29, 1.82) is 0 Å². The largest absolute Gasteiger partial charge is 0.573 e. The average Bonchev–Trinajstić information content (AvgIpc) is 2.17. The Hall–Kier alpha value is -1.63. The lowest BCUT2D eigenvalue weighted by Crippen LogP contribution is -2.17. The highest BCUT2D eigenvalue weighted by molar-refractivity contribution is 6.28. The van der Waals surface area contributed by atoms with Gasteiger partial charge in [-0.2, -0.15) is 0 Å². The zero-order valence-corrected chi connectivity index (χ0v) is 8.68. The molecule has 1 aromatic heterocycles. The highest BCUT2D eigenvalue weighted by Gasteiger charge is 2.31. The molecule has 0 saturated heterocycles. The van der Waals surface area contributed by atoms with Crippen LogP contribution in [0, 0.1) is 5.82 Å². The van der Waals surface area contributed by atoms with Crippen molar-refractivity contribution >= 4 is 22.5 Å². The van der Waals surface area contributed by atoms with E-state index in [4.69, 9.17) is 11.6 Å². The number of rotatable bonds is 1. The van der Waals surface area contributed by atoms with Gasteiger partial charge in [0.15, 0.2) is 5.82 Å².